The van der Waals surface area contributed by atoms with E-state index in [0.29, 0.717) is 16.9 Å². The second kappa shape index (κ2) is 8.80. The fraction of sp³-hybridized carbons (Fsp3) is 0.375. The number of aromatic nitrogens is 3. The van der Waals surface area contributed by atoms with E-state index < -0.39 is 5.97 Å². The maximum atomic E-state index is 11.9. The number of nitrogens with zero attached hydrogens (tertiary/aromatic N) is 4. The smallest absolute Gasteiger partial charge is 0.325 e. The van der Waals surface area contributed by atoms with E-state index >= 15 is 0 Å². The van der Waals surface area contributed by atoms with Crippen molar-refractivity contribution in [2.75, 3.05) is 31.4 Å². The standard InChI is InChI=1S/C16H21ClN6O4/c1-8-5-19-10(9(2)13(8)27-4)6-23(7-11(24)26-3)15-12(22-25)14(17)20-16(18)21-15/h5H,6-7,22H2,1-4H3,(H2,18,20,21). The number of carbonyl (C=O) groups excluding carboxylic acids is 1. The molecule has 0 aliphatic rings. The molecule has 0 amide bonds. The summed E-state index contributed by atoms with van der Waals surface area (Å²) in [6.07, 6.45) is 1.67. The molecule has 27 heavy (non-hydrogen) atoms. The largest absolute Gasteiger partial charge is 0.630 e. The van der Waals surface area contributed by atoms with Crippen LogP contribution in [0.15, 0.2) is 6.20 Å². The molecule has 0 aliphatic heterocycles. The van der Waals surface area contributed by atoms with Gasteiger partial charge in [0.2, 0.25) is 11.6 Å². The van der Waals surface area contributed by atoms with Crippen molar-refractivity contribution in [3.8, 4) is 5.75 Å². The Bertz CT molecular complexity index is 848. The first-order chi connectivity index (χ1) is 12.8. The molecule has 0 aromatic carbocycles. The number of quaternary nitrogens is 1. The molecule has 0 saturated carbocycles. The van der Waals surface area contributed by atoms with Crippen LogP contribution in [-0.2, 0) is 16.1 Å². The molecule has 0 atom stereocenters. The van der Waals surface area contributed by atoms with Crippen LogP contribution < -0.4 is 20.9 Å². The van der Waals surface area contributed by atoms with Gasteiger partial charge in [-0.05, 0) is 13.8 Å². The number of ether oxygens (including phenoxy) is 2. The lowest BCUT2D eigenvalue weighted by Gasteiger charge is -2.25. The maximum Gasteiger partial charge on any atom is 0.325 e. The Morgan fingerprint density at radius 2 is 2.07 bits per heavy atom. The molecule has 0 fully saturated rings. The van der Waals surface area contributed by atoms with Gasteiger partial charge in [0.05, 0.1) is 26.5 Å². The molecule has 0 saturated heterocycles. The van der Waals surface area contributed by atoms with Gasteiger partial charge in [-0.15, -0.1) is 0 Å². The third kappa shape index (κ3) is 4.54. The molecule has 0 radical (unpaired) electrons. The number of carbonyl (C=O) groups is 1. The predicted molar refractivity (Wildman–Crippen MR) is 99.7 cm³/mol. The van der Waals surface area contributed by atoms with E-state index in [9.17, 15) is 10.0 Å². The number of aryl methyl sites for hydroxylation is 1. The molecular formula is C16H21ClN6O4. The first-order valence-electron chi connectivity index (χ1n) is 7.91. The highest BCUT2D eigenvalue weighted by Crippen LogP contribution is 2.30. The van der Waals surface area contributed by atoms with Gasteiger partial charge >= 0.3 is 5.97 Å². The van der Waals surface area contributed by atoms with Crippen molar-refractivity contribution in [3.63, 3.8) is 0 Å². The second-order valence-electron chi connectivity index (χ2n) is 5.71. The minimum atomic E-state index is -0.531. The SMILES string of the molecule is COC(=O)CN(Cc1ncc(C)c(OC)c1C)c1nc(N)nc(Cl)c1[NH2+][O-]. The zero-order chi connectivity index (χ0) is 20.1. The van der Waals surface area contributed by atoms with Gasteiger partial charge in [-0.2, -0.15) is 9.97 Å². The van der Waals surface area contributed by atoms with Crippen molar-refractivity contribution in [3.05, 3.63) is 33.4 Å². The molecule has 0 unspecified atom stereocenters. The molecule has 146 valence electrons. The van der Waals surface area contributed by atoms with Crippen molar-refractivity contribution in [1.29, 1.82) is 0 Å². The highest BCUT2D eigenvalue weighted by Gasteiger charge is 2.24. The highest BCUT2D eigenvalue weighted by atomic mass is 35.5. The molecular weight excluding hydrogens is 376 g/mol. The maximum absolute atomic E-state index is 11.9. The number of nitrogens with two attached hydrogens (primary N) is 2. The summed E-state index contributed by atoms with van der Waals surface area (Å²) in [5.41, 5.74) is 8.51. The van der Waals surface area contributed by atoms with Gasteiger partial charge in [0.25, 0.3) is 0 Å². The number of halogens is 1. The summed E-state index contributed by atoms with van der Waals surface area (Å²) < 4.78 is 10.2. The van der Waals surface area contributed by atoms with Gasteiger partial charge in [0, 0.05) is 17.3 Å². The number of nitrogen functional groups attached to an aromatic ring is 1. The molecule has 10 nitrogen and oxygen atoms in total. The molecule has 2 rings (SSSR count). The Labute approximate surface area is 161 Å². The first-order valence-corrected chi connectivity index (χ1v) is 8.29. The van der Waals surface area contributed by atoms with E-state index in [0.717, 1.165) is 11.1 Å². The van der Waals surface area contributed by atoms with E-state index in [1.54, 1.807) is 13.3 Å². The lowest BCUT2D eigenvalue weighted by molar-refractivity contribution is -0.496. The zero-order valence-electron chi connectivity index (χ0n) is 15.4. The summed E-state index contributed by atoms with van der Waals surface area (Å²) in [5, 5.41) is 11.4. The number of hydrogen-bond donors (Lipinski definition) is 2. The fourth-order valence-corrected chi connectivity index (χ4v) is 2.84. The summed E-state index contributed by atoms with van der Waals surface area (Å²) in [5.74, 6) is 0.154. The Morgan fingerprint density at radius 3 is 2.67 bits per heavy atom. The van der Waals surface area contributed by atoms with Crippen molar-refractivity contribution in [1.82, 2.24) is 15.0 Å². The first kappa shape index (κ1) is 20.6. The number of rotatable bonds is 7. The minimum absolute atomic E-state index is 0.0199. The van der Waals surface area contributed by atoms with Crippen LogP contribution in [0.25, 0.3) is 0 Å². The molecule has 2 heterocycles. The Hall–Kier alpha value is -2.69. The summed E-state index contributed by atoms with van der Waals surface area (Å²) in [4.78, 5) is 25.7. The fourth-order valence-electron chi connectivity index (χ4n) is 2.63. The van der Waals surface area contributed by atoms with Crippen LogP contribution >= 0.6 is 11.6 Å². The Morgan fingerprint density at radius 1 is 1.37 bits per heavy atom. The molecule has 0 aliphatic carbocycles. The van der Waals surface area contributed by atoms with E-state index in [1.807, 2.05) is 13.8 Å². The van der Waals surface area contributed by atoms with Crippen molar-refractivity contribution in [2.45, 2.75) is 20.4 Å². The summed E-state index contributed by atoms with van der Waals surface area (Å²) in [7, 11) is 2.83. The van der Waals surface area contributed by atoms with Crippen LogP contribution in [0, 0.1) is 19.1 Å². The number of hydrogen-bond acceptors (Lipinski definition) is 9. The quantitative estimate of drug-likeness (QED) is 0.390. The predicted octanol–water partition coefficient (Wildman–Crippen LogP) is 0.605. The van der Waals surface area contributed by atoms with Gasteiger partial charge in [-0.3, -0.25) is 9.78 Å². The summed E-state index contributed by atoms with van der Waals surface area (Å²) >= 11 is 6.01. The Balaban J connectivity index is 2.53. The average molecular weight is 397 g/mol. The van der Waals surface area contributed by atoms with Crippen molar-refractivity contribution in [2.24, 2.45) is 0 Å². The number of methoxy groups -OCH3 is 2. The number of esters is 1. The topological polar surface area (TPSA) is 143 Å². The summed E-state index contributed by atoms with van der Waals surface area (Å²) in [6, 6.07) is 0. The lowest BCUT2D eigenvalue weighted by Crippen LogP contribution is -2.71. The normalized spacial score (nSPS) is 10.6. The second-order valence-corrected chi connectivity index (χ2v) is 6.06. The van der Waals surface area contributed by atoms with Crippen molar-refractivity contribution < 1.29 is 19.7 Å². The number of pyridine rings is 1. The number of anilines is 2. The van der Waals surface area contributed by atoms with Crippen molar-refractivity contribution >= 4 is 35.0 Å². The van der Waals surface area contributed by atoms with Crippen LogP contribution in [0.4, 0.5) is 17.5 Å². The van der Waals surface area contributed by atoms with E-state index in [-0.39, 0.29) is 35.7 Å². The van der Waals surface area contributed by atoms with Gasteiger partial charge in [-0.25, -0.2) is 0 Å². The molecule has 4 N–H and O–H groups in total. The van der Waals surface area contributed by atoms with E-state index in [4.69, 9.17) is 26.8 Å². The zero-order valence-corrected chi connectivity index (χ0v) is 16.2. The van der Waals surface area contributed by atoms with E-state index in [2.05, 4.69) is 15.0 Å². The van der Waals surface area contributed by atoms with Gasteiger partial charge < -0.3 is 30.8 Å². The van der Waals surface area contributed by atoms with Gasteiger partial charge in [0.1, 0.15) is 12.3 Å². The highest BCUT2D eigenvalue weighted by molar-refractivity contribution is 6.32. The molecule has 2 aromatic rings. The molecule has 11 heteroatoms. The van der Waals surface area contributed by atoms with Crippen LogP contribution in [0.2, 0.25) is 5.15 Å². The molecule has 0 spiro atoms. The lowest BCUT2D eigenvalue weighted by atomic mass is 10.1. The minimum Gasteiger partial charge on any atom is -0.630 e. The van der Waals surface area contributed by atoms with Crippen LogP contribution in [0.3, 0.4) is 0 Å². The average Bonchev–Trinajstić information content (AvgIpc) is 2.63. The Kier molecular flexibility index (Phi) is 6.72. The molecule has 2 aromatic heterocycles. The van der Waals surface area contributed by atoms with Crippen LogP contribution in [0.1, 0.15) is 16.8 Å². The molecule has 0 bridgehead atoms. The van der Waals surface area contributed by atoms with Crippen LogP contribution in [-0.4, -0.2) is 41.7 Å². The van der Waals surface area contributed by atoms with E-state index in [1.165, 1.54) is 12.0 Å². The van der Waals surface area contributed by atoms with Crippen LogP contribution in [0.5, 0.6) is 5.75 Å². The van der Waals surface area contributed by atoms with Gasteiger partial charge in [-0.1, -0.05) is 11.6 Å². The monoisotopic (exact) mass is 396 g/mol. The third-order valence-corrected chi connectivity index (χ3v) is 4.24. The summed E-state index contributed by atoms with van der Waals surface area (Å²) in [6.45, 7) is 3.68. The van der Waals surface area contributed by atoms with Gasteiger partial charge in [0.15, 0.2) is 11.0 Å². The third-order valence-electron chi connectivity index (χ3n) is 3.95.